The van der Waals surface area contributed by atoms with Crippen LogP contribution in [0.25, 0.3) is 21.6 Å². The van der Waals surface area contributed by atoms with Crippen LogP contribution in [0.5, 0.6) is 0 Å². The second-order valence-electron chi connectivity index (χ2n) is 7.88. The van der Waals surface area contributed by atoms with Gasteiger partial charge in [-0.25, -0.2) is 14.6 Å². The van der Waals surface area contributed by atoms with Gasteiger partial charge in [0.2, 0.25) is 0 Å². The van der Waals surface area contributed by atoms with Gasteiger partial charge in [0.15, 0.2) is 5.65 Å². The number of nitrogens with one attached hydrogen (secondary N) is 1. The van der Waals surface area contributed by atoms with E-state index >= 15 is 0 Å². The molecule has 0 saturated carbocycles. The Morgan fingerprint density at radius 3 is 2.69 bits per heavy atom. The molecule has 1 aliphatic rings. The molecular weight excluding hydrogens is 422 g/mol. The van der Waals surface area contributed by atoms with E-state index in [9.17, 15) is 4.79 Å². The number of fused-ring (bicyclic) bond motifs is 1. The Kier molecular flexibility index (Phi) is 5.59. The first-order valence-corrected chi connectivity index (χ1v) is 11.6. The molecule has 8 nitrogen and oxygen atoms in total. The van der Waals surface area contributed by atoms with Crippen molar-refractivity contribution >= 4 is 39.8 Å². The average molecular weight is 448 g/mol. The van der Waals surface area contributed by atoms with E-state index in [1.54, 1.807) is 23.7 Å². The first kappa shape index (κ1) is 20.6. The lowest BCUT2D eigenvalue weighted by atomic mass is 10.1. The summed E-state index contributed by atoms with van der Waals surface area (Å²) in [6.07, 6.45) is 3.44. The number of carbonyl (C=O) groups excluding carboxylic acids is 1. The number of anilines is 2. The van der Waals surface area contributed by atoms with E-state index in [4.69, 9.17) is 4.98 Å². The predicted molar refractivity (Wildman–Crippen MR) is 128 cm³/mol. The van der Waals surface area contributed by atoms with Crippen molar-refractivity contribution in [3.8, 4) is 10.6 Å². The van der Waals surface area contributed by atoms with Crippen LogP contribution < -0.4 is 10.2 Å². The molecule has 5 rings (SSSR count). The number of likely N-dealkylation sites (N-methyl/N-ethyl adjacent to an activating group) is 1. The molecular formula is C23H25N7OS. The van der Waals surface area contributed by atoms with Crippen LogP contribution >= 0.6 is 11.3 Å². The quantitative estimate of drug-likeness (QED) is 0.504. The summed E-state index contributed by atoms with van der Waals surface area (Å²) in [4.78, 5) is 28.2. The van der Waals surface area contributed by atoms with Gasteiger partial charge in [0.25, 0.3) is 5.91 Å². The van der Waals surface area contributed by atoms with Gasteiger partial charge >= 0.3 is 0 Å². The maximum Gasteiger partial charge on any atom is 0.256 e. The van der Waals surface area contributed by atoms with Crippen molar-refractivity contribution in [2.75, 3.05) is 43.4 Å². The van der Waals surface area contributed by atoms with Gasteiger partial charge in [-0.3, -0.25) is 4.79 Å². The monoisotopic (exact) mass is 447 g/mol. The predicted octanol–water partition coefficient (Wildman–Crippen LogP) is 3.58. The average Bonchev–Trinajstić information content (AvgIpc) is 3.49. The number of thiophene rings is 1. The molecule has 5 heterocycles. The van der Waals surface area contributed by atoms with E-state index < -0.39 is 0 Å². The van der Waals surface area contributed by atoms with Crippen LogP contribution in [0.1, 0.15) is 17.3 Å². The number of hydrogen-bond donors (Lipinski definition) is 1. The highest BCUT2D eigenvalue weighted by Crippen LogP contribution is 2.28. The smallest absolute Gasteiger partial charge is 0.256 e. The minimum atomic E-state index is -0.194. The molecule has 1 fully saturated rings. The third-order valence-electron chi connectivity index (χ3n) is 5.76. The zero-order chi connectivity index (χ0) is 22.1. The van der Waals surface area contributed by atoms with Crippen molar-refractivity contribution in [1.29, 1.82) is 0 Å². The number of aryl methyl sites for hydroxylation is 1. The zero-order valence-electron chi connectivity index (χ0n) is 18.2. The maximum atomic E-state index is 13.3. The summed E-state index contributed by atoms with van der Waals surface area (Å²) < 4.78 is 1.82. The van der Waals surface area contributed by atoms with Crippen molar-refractivity contribution < 1.29 is 4.79 Å². The Balaban J connectivity index is 1.41. The second kappa shape index (κ2) is 8.68. The van der Waals surface area contributed by atoms with Crippen LogP contribution in [0.3, 0.4) is 0 Å². The summed E-state index contributed by atoms with van der Waals surface area (Å²) in [7, 11) is 2.13. The molecule has 0 atom stereocenters. The van der Waals surface area contributed by atoms with E-state index in [0.29, 0.717) is 23.4 Å². The van der Waals surface area contributed by atoms with Crippen LogP contribution in [-0.2, 0) is 6.54 Å². The van der Waals surface area contributed by atoms with Gasteiger partial charge in [-0.2, -0.15) is 5.10 Å². The lowest BCUT2D eigenvalue weighted by Crippen LogP contribution is -2.44. The SMILES string of the molecule is CCn1ncc2c(C(=O)Nc3ccc(N4CCN(C)CC4)nc3)cc(-c3cccs3)nc21. The van der Waals surface area contributed by atoms with E-state index in [1.165, 1.54) is 0 Å². The molecule has 1 aliphatic heterocycles. The Morgan fingerprint density at radius 1 is 1.16 bits per heavy atom. The molecule has 32 heavy (non-hydrogen) atoms. The molecule has 0 unspecified atom stereocenters. The number of aromatic nitrogens is 4. The third kappa shape index (κ3) is 3.96. The summed E-state index contributed by atoms with van der Waals surface area (Å²) in [5, 5.41) is 10.2. The Bertz CT molecular complexity index is 1230. The van der Waals surface area contributed by atoms with Crippen LogP contribution in [-0.4, -0.2) is 63.8 Å². The Morgan fingerprint density at radius 2 is 2.00 bits per heavy atom. The van der Waals surface area contributed by atoms with Crippen molar-refractivity contribution in [1.82, 2.24) is 24.6 Å². The fourth-order valence-electron chi connectivity index (χ4n) is 3.90. The summed E-state index contributed by atoms with van der Waals surface area (Å²) in [6.45, 7) is 6.66. The molecule has 9 heteroatoms. The van der Waals surface area contributed by atoms with Crippen LogP contribution in [0.4, 0.5) is 11.5 Å². The van der Waals surface area contributed by atoms with Crippen LogP contribution in [0.15, 0.2) is 48.1 Å². The van der Waals surface area contributed by atoms with Gasteiger partial charge < -0.3 is 15.1 Å². The summed E-state index contributed by atoms with van der Waals surface area (Å²) in [5.41, 5.74) is 2.71. The van der Waals surface area contributed by atoms with Crippen LogP contribution in [0.2, 0.25) is 0 Å². The molecule has 164 valence electrons. The highest BCUT2D eigenvalue weighted by Gasteiger charge is 2.19. The largest absolute Gasteiger partial charge is 0.354 e. The Labute approximate surface area is 190 Å². The molecule has 1 N–H and O–H groups in total. The van der Waals surface area contributed by atoms with E-state index in [2.05, 4.69) is 32.2 Å². The fraction of sp³-hybridized carbons (Fsp3) is 0.304. The van der Waals surface area contributed by atoms with Gasteiger partial charge in [-0.1, -0.05) is 6.07 Å². The number of rotatable bonds is 5. The standard InChI is InChI=1S/C23H25N7OS/c1-3-30-22-18(15-25-30)17(13-19(27-22)20-5-4-12-32-20)23(31)26-16-6-7-21(24-14-16)29-10-8-28(2)9-11-29/h4-7,12-15H,3,8-11H2,1-2H3,(H,26,31). The molecule has 4 aromatic heterocycles. The topological polar surface area (TPSA) is 79.2 Å². The normalized spacial score (nSPS) is 14.8. The summed E-state index contributed by atoms with van der Waals surface area (Å²) >= 11 is 1.60. The van der Waals surface area contributed by atoms with E-state index in [1.807, 2.05) is 47.3 Å². The highest BCUT2D eigenvalue weighted by molar-refractivity contribution is 7.13. The summed E-state index contributed by atoms with van der Waals surface area (Å²) in [6, 6.07) is 9.71. The minimum absolute atomic E-state index is 0.194. The molecule has 1 amide bonds. The van der Waals surface area contributed by atoms with Crippen LogP contribution in [0, 0.1) is 0 Å². The number of carbonyl (C=O) groups is 1. The molecule has 0 radical (unpaired) electrons. The number of amides is 1. The van der Waals surface area contributed by atoms with Gasteiger partial charge in [-0.05, 0) is 43.6 Å². The number of pyridine rings is 2. The van der Waals surface area contributed by atoms with Gasteiger partial charge in [0.1, 0.15) is 5.82 Å². The number of nitrogens with zero attached hydrogens (tertiary/aromatic N) is 6. The molecule has 0 aromatic carbocycles. The molecule has 1 saturated heterocycles. The first-order valence-electron chi connectivity index (χ1n) is 10.7. The summed E-state index contributed by atoms with van der Waals surface area (Å²) in [5.74, 6) is 0.742. The lowest BCUT2D eigenvalue weighted by molar-refractivity contribution is 0.102. The van der Waals surface area contributed by atoms with Crippen molar-refractivity contribution in [3.63, 3.8) is 0 Å². The molecule has 0 bridgehead atoms. The second-order valence-corrected chi connectivity index (χ2v) is 8.83. The minimum Gasteiger partial charge on any atom is -0.354 e. The number of hydrogen-bond acceptors (Lipinski definition) is 7. The lowest BCUT2D eigenvalue weighted by Gasteiger charge is -2.33. The van der Waals surface area contributed by atoms with E-state index in [0.717, 1.165) is 48.0 Å². The third-order valence-corrected chi connectivity index (χ3v) is 6.65. The first-order chi connectivity index (χ1) is 15.6. The zero-order valence-corrected chi connectivity index (χ0v) is 19.0. The molecule has 4 aromatic rings. The number of piperazine rings is 1. The Hall–Kier alpha value is -3.30. The van der Waals surface area contributed by atoms with Crippen molar-refractivity contribution in [3.05, 3.63) is 53.7 Å². The fourth-order valence-corrected chi connectivity index (χ4v) is 4.58. The highest BCUT2D eigenvalue weighted by atomic mass is 32.1. The molecule has 0 aliphatic carbocycles. The molecule has 0 spiro atoms. The van der Waals surface area contributed by atoms with E-state index in [-0.39, 0.29) is 5.91 Å². The van der Waals surface area contributed by atoms with Crippen molar-refractivity contribution in [2.24, 2.45) is 0 Å². The van der Waals surface area contributed by atoms with Gasteiger partial charge in [0.05, 0.1) is 39.6 Å². The van der Waals surface area contributed by atoms with Crippen molar-refractivity contribution in [2.45, 2.75) is 13.5 Å². The van der Waals surface area contributed by atoms with Gasteiger partial charge in [0, 0.05) is 32.7 Å². The van der Waals surface area contributed by atoms with Gasteiger partial charge in [-0.15, -0.1) is 11.3 Å². The maximum absolute atomic E-state index is 13.3.